The molecule has 0 aliphatic rings. The Morgan fingerprint density at radius 3 is 2.00 bits per heavy atom. The molecule has 0 atom stereocenters. The summed E-state index contributed by atoms with van der Waals surface area (Å²) in [4.78, 5) is 0. The smallest absolute Gasteiger partial charge is 0.0810 e. The van der Waals surface area contributed by atoms with Crippen molar-refractivity contribution in [1.29, 1.82) is 0 Å². The molecule has 132 valence electrons. The topological polar surface area (TPSA) is 0 Å². The van der Waals surface area contributed by atoms with Gasteiger partial charge in [0.25, 0.3) is 0 Å². The summed E-state index contributed by atoms with van der Waals surface area (Å²) in [6.07, 6.45) is 11.1. The van der Waals surface area contributed by atoms with Crippen molar-refractivity contribution in [3.05, 3.63) is 29.3 Å². The molecule has 0 unspecified atom stereocenters. The van der Waals surface area contributed by atoms with Crippen molar-refractivity contribution < 1.29 is 0 Å². The van der Waals surface area contributed by atoms with Crippen LogP contribution in [0.4, 0.5) is 0 Å². The second-order valence-corrected chi connectivity index (χ2v) is 12.7. The molecule has 0 spiro atoms. The average Bonchev–Trinajstić information content (AvgIpc) is 2.56. The van der Waals surface area contributed by atoms with Crippen LogP contribution in [0.15, 0.2) is 18.2 Å². The lowest BCUT2D eigenvalue weighted by atomic mass is 10.1. The lowest BCUT2D eigenvalue weighted by molar-refractivity contribution is 0.584. The van der Waals surface area contributed by atoms with E-state index in [1.54, 1.807) is 0 Å². The maximum Gasteiger partial charge on any atom is 0.0810 e. The first kappa shape index (κ1) is 21.1. The third-order valence-electron chi connectivity index (χ3n) is 4.86. The molecular formula is C20H34Cl2Si. The Morgan fingerprint density at radius 2 is 1.43 bits per heavy atom. The number of alkyl halides is 2. The minimum atomic E-state index is -1.42. The third-order valence-corrected chi connectivity index (χ3v) is 8.98. The molecule has 0 heterocycles. The third kappa shape index (κ3) is 7.62. The Morgan fingerprint density at radius 1 is 0.826 bits per heavy atom. The normalized spacial score (nSPS) is 11.9. The maximum atomic E-state index is 6.17. The summed E-state index contributed by atoms with van der Waals surface area (Å²) in [5.41, 5.74) is 2.55. The molecule has 0 bridgehead atoms. The van der Waals surface area contributed by atoms with E-state index in [-0.39, 0.29) is 0 Å². The fourth-order valence-corrected chi connectivity index (χ4v) is 6.82. The summed E-state index contributed by atoms with van der Waals surface area (Å²) < 4.78 is 0. The molecule has 0 amide bonds. The van der Waals surface area contributed by atoms with Crippen LogP contribution in [0, 0.1) is 0 Å². The summed E-state index contributed by atoms with van der Waals surface area (Å²) in [6, 6.07) is 7.98. The van der Waals surface area contributed by atoms with Crippen molar-refractivity contribution >= 4 is 36.5 Å². The van der Waals surface area contributed by atoms with Gasteiger partial charge in [-0.2, -0.15) is 0 Å². The SMILES string of the molecule is CCCCCCCCCC[Si](C)(C)c1cc(CCl)ccc1CCl. The fraction of sp³-hybridized carbons (Fsp3) is 0.700. The molecule has 0 aromatic heterocycles. The van der Waals surface area contributed by atoms with E-state index in [9.17, 15) is 0 Å². The largest absolute Gasteiger partial charge is 0.122 e. The molecular weight excluding hydrogens is 339 g/mol. The first-order valence-electron chi connectivity index (χ1n) is 9.29. The molecule has 0 nitrogen and oxygen atoms in total. The van der Waals surface area contributed by atoms with E-state index in [2.05, 4.69) is 38.2 Å². The number of rotatable bonds is 12. The van der Waals surface area contributed by atoms with Gasteiger partial charge in [-0.05, 0) is 11.1 Å². The number of hydrogen-bond acceptors (Lipinski definition) is 0. The van der Waals surface area contributed by atoms with Crippen molar-refractivity contribution in [3.63, 3.8) is 0 Å². The van der Waals surface area contributed by atoms with Gasteiger partial charge in [-0.3, -0.25) is 0 Å². The monoisotopic (exact) mass is 372 g/mol. The summed E-state index contributed by atoms with van der Waals surface area (Å²) in [7, 11) is -1.42. The van der Waals surface area contributed by atoms with Crippen molar-refractivity contribution in [2.24, 2.45) is 0 Å². The molecule has 0 aliphatic heterocycles. The number of hydrogen-bond donors (Lipinski definition) is 0. The van der Waals surface area contributed by atoms with Crippen LogP contribution in [-0.4, -0.2) is 8.07 Å². The van der Waals surface area contributed by atoms with Crippen LogP contribution >= 0.6 is 23.2 Å². The van der Waals surface area contributed by atoms with E-state index in [1.807, 2.05) is 0 Å². The Bertz CT molecular complexity index is 443. The van der Waals surface area contributed by atoms with Crippen LogP contribution in [0.25, 0.3) is 0 Å². The van der Waals surface area contributed by atoms with Crippen LogP contribution in [0.1, 0.15) is 69.4 Å². The van der Waals surface area contributed by atoms with E-state index < -0.39 is 8.07 Å². The molecule has 1 aromatic carbocycles. The van der Waals surface area contributed by atoms with Gasteiger partial charge in [0, 0.05) is 11.8 Å². The van der Waals surface area contributed by atoms with Crippen molar-refractivity contribution in [2.75, 3.05) is 0 Å². The Hall–Kier alpha value is 0.0169. The highest BCUT2D eigenvalue weighted by Gasteiger charge is 2.25. The number of benzene rings is 1. The van der Waals surface area contributed by atoms with Gasteiger partial charge in [-0.25, -0.2) is 0 Å². The van der Waals surface area contributed by atoms with Crippen LogP contribution in [0.2, 0.25) is 19.1 Å². The van der Waals surface area contributed by atoms with Crippen LogP contribution < -0.4 is 5.19 Å². The average molecular weight is 373 g/mol. The van der Waals surface area contributed by atoms with Gasteiger partial charge in [0.05, 0.1) is 8.07 Å². The molecule has 1 aromatic rings. The zero-order valence-corrected chi connectivity index (χ0v) is 17.8. The minimum Gasteiger partial charge on any atom is -0.122 e. The highest BCUT2D eigenvalue weighted by molar-refractivity contribution is 6.90. The zero-order valence-electron chi connectivity index (χ0n) is 15.3. The van der Waals surface area contributed by atoms with Gasteiger partial charge in [0.2, 0.25) is 0 Å². The van der Waals surface area contributed by atoms with E-state index in [4.69, 9.17) is 23.2 Å². The van der Waals surface area contributed by atoms with Gasteiger partial charge in [-0.1, -0.05) is 101 Å². The van der Waals surface area contributed by atoms with E-state index in [0.717, 1.165) is 0 Å². The van der Waals surface area contributed by atoms with Gasteiger partial charge >= 0.3 is 0 Å². The summed E-state index contributed by atoms with van der Waals surface area (Å²) in [5, 5.41) is 1.52. The van der Waals surface area contributed by atoms with E-state index in [1.165, 1.54) is 73.7 Å². The standard InChI is InChI=1S/C20H34Cl2Si/c1-4-5-6-7-8-9-10-11-14-23(2,3)20-15-18(16-21)12-13-19(20)17-22/h12-13,15H,4-11,14,16-17H2,1-3H3. The van der Waals surface area contributed by atoms with Crippen molar-refractivity contribution in [1.82, 2.24) is 0 Å². The number of halogens is 2. The molecule has 0 N–H and O–H groups in total. The molecule has 3 heteroatoms. The molecule has 0 aliphatic carbocycles. The summed E-state index contributed by atoms with van der Waals surface area (Å²) in [6.45, 7) is 7.25. The molecule has 23 heavy (non-hydrogen) atoms. The van der Waals surface area contributed by atoms with Crippen molar-refractivity contribution in [3.8, 4) is 0 Å². The zero-order chi connectivity index (χ0) is 17.1. The van der Waals surface area contributed by atoms with Crippen LogP contribution in [-0.2, 0) is 11.8 Å². The van der Waals surface area contributed by atoms with E-state index in [0.29, 0.717) is 11.8 Å². The molecule has 0 fully saturated rings. The summed E-state index contributed by atoms with van der Waals surface area (Å²) >= 11 is 12.2. The highest BCUT2D eigenvalue weighted by Crippen LogP contribution is 2.20. The molecule has 0 saturated heterocycles. The highest BCUT2D eigenvalue weighted by atomic mass is 35.5. The van der Waals surface area contributed by atoms with Crippen LogP contribution in [0.3, 0.4) is 0 Å². The number of unbranched alkanes of at least 4 members (excludes halogenated alkanes) is 7. The summed E-state index contributed by atoms with van der Waals surface area (Å²) in [5.74, 6) is 1.21. The molecule has 0 radical (unpaired) electrons. The van der Waals surface area contributed by atoms with Gasteiger partial charge in [0.15, 0.2) is 0 Å². The Balaban J connectivity index is 2.46. The second-order valence-electron chi connectivity index (χ2n) is 7.37. The van der Waals surface area contributed by atoms with Gasteiger partial charge in [0.1, 0.15) is 0 Å². The van der Waals surface area contributed by atoms with E-state index >= 15 is 0 Å². The minimum absolute atomic E-state index is 0.595. The van der Waals surface area contributed by atoms with Crippen LogP contribution in [0.5, 0.6) is 0 Å². The maximum absolute atomic E-state index is 6.17. The Labute approximate surface area is 155 Å². The first-order chi connectivity index (χ1) is 11.0. The van der Waals surface area contributed by atoms with Crippen molar-refractivity contribution in [2.45, 2.75) is 89.2 Å². The Kier molecular flexibility index (Phi) is 10.6. The lowest BCUT2D eigenvalue weighted by Crippen LogP contribution is -2.43. The molecule has 0 saturated carbocycles. The molecule has 1 rings (SSSR count). The van der Waals surface area contributed by atoms with Gasteiger partial charge in [-0.15, -0.1) is 23.2 Å². The second kappa shape index (κ2) is 11.6. The fourth-order valence-electron chi connectivity index (χ4n) is 3.29. The van der Waals surface area contributed by atoms with Gasteiger partial charge < -0.3 is 0 Å². The lowest BCUT2D eigenvalue weighted by Gasteiger charge is -2.26. The first-order valence-corrected chi connectivity index (χ1v) is 13.6. The predicted octanol–water partition coefficient (Wildman–Crippen LogP) is 7.22. The quantitative estimate of drug-likeness (QED) is 0.206. The predicted molar refractivity (Wildman–Crippen MR) is 110 cm³/mol.